The zero-order valence-electron chi connectivity index (χ0n) is 12.6. The number of carbonyl (C=O) groups is 1. The van der Waals surface area contributed by atoms with Crippen molar-refractivity contribution < 1.29 is 9.53 Å². The van der Waals surface area contributed by atoms with Gasteiger partial charge < -0.3 is 9.64 Å². The first-order valence-electron chi connectivity index (χ1n) is 6.92. The van der Waals surface area contributed by atoms with Crippen molar-refractivity contribution in [3.05, 3.63) is 11.9 Å². The van der Waals surface area contributed by atoms with Gasteiger partial charge in [0.25, 0.3) is 0 Å². The van der Waals surface area contributed by atoms with E-state index in [9.17, 15) is 4.79 Å². The molecule has 0 N–H and O–H groups in total. The highest BCUT2D eigenvalue weighted by molar-refractivity contribution is 5.97. The first kappa shape index (κ1) is 15.7. The van der Waals surface area contributed by atoms with Gasteiger partial charge in [0, 0.05) is 19.0 Å². The van der Waals surface area contributed by atoms with Gasteiger partial charge in [-0.15, -0.1) is 0 Å². The molecular formula is C14H25N3O2. The van der Waals surface area contributed by atoms with E-state index in [1.54, 1.807) is 18.0 Å². The third-order valence-corrected chi connectivity index (χ3v) is 3.28. The Bertz CT molecular complexity index is 409. The van der Waals surface area contributed by atoms with E-state index in [2.05, 4.69) is 23.8 Å². The minimum atomic E-state index is 0.0925. The van der Waals surface area contributed by atoms with Crippen LogP contribution >= 0.6 is 0 Å². The number of hydrogen-bond acceptors (Lipinski definition) is 4. The lowest BCUT2D eigenvalue weighted by Crippen LogP contribution is -2.26. The maximum atomic E-state index is 12.4. The molecule has 0 aliphatic carbocycles. The second-order valence-corrected chi connectivity index (χ2v) is 4.80. The lowest BCUT2D eigenvalue weighted by Gasteiger charge is -2.18. The highest BCUT2D eigenvalue weighted by Crippen LogP contribution is 2.22. The number of rotatable bonds is 8. The van der Waals surface area contributed by atoms with Gasteiger partial charge in [0.15, 0.2) is 11.5 Å². The molecule has 5 heteroatoms. The van der Waals surface area contributed by atoms with Gasteiger partial charge in [0.05, 0.1) is 13.3 Å². The summed E-state index contributed by atoms with van der Waals surface area (Å²) in [7, 11) is 1.57. The van der Waals surface area contributed by atoms with Gasteiger partial charge in [-0.1, -0.05) is 13.8 Å². The number of Topliss-reactive ketones (excluding diaryl/α,β-unsaturated/α-hetero) is 1. The van der Waals surface area contributed by atoms with Crippen molar-refractivity contribution in [2.45, 2.75) is 40.2 Å². The van der Waals surface area contributed by atoms with Crippen LogP contribution in [0.1, 0.15) is 50.6 Å². The summed E-state index contributed by atoms with van der Waals surface area (Å²) >= 11 is 0. The Hall–Kier alpha value is -1.36. The number of aromatic nitrogens is 2. The van der Waals surface area contributed by atoms with Crippen LogP contribution in [-0.2, 0) is 0 Å². The molecule has 1 rings (SSSR count). The number of ether oxygens (including phenoxy) is 1. The smallest absolute Gasteiger partial charge is 0.185 e. The zero-order valence-corrected chi connectivity index (χ0v) is 12.6. The third kappa shape index (κ3) is 3.80. The molecule has 0 aliphatic heterocycles. The van der Waals surface area contributed by atoms with Crippen molar-refractivity contribution >= 4 is 5.78 Å². The van der Waals surface area contributed by atoms with Crippen molar-refractivity contribution in [2.24, 2.45) is 0 Å². The predicted octanol–water partition coefficient (Wildman–Crippen LogP) is 2.39. The van der Waals surface area contributed by atoms with Crippen molar-refractivity contribution in [1.29, 1.82) is 0 Å². The highest BCUT2D eigenvalue weighted by Gasteiger charge is 2.21. The predicted molar refractivity (Wildman–Crippen MR) is 75.9 cm³/mol. The van der Waals surface area contributed by atoms with Crippen LogP contribution in [-0.4, -0.2) is 47.2 Å². The summed E-state index contributed by atoms with van der Waals surface area (Å²) in [6.45, 7) is 10.9. The summed E-state index contributed by atoms with van der Waals surface area (Å²) in [5.74, 6) is 0.660. The van der Waals surface area contributed by atoms with E-state index in [1.807, 2.05) is 13.8 Å². The molecule has 0 bridgehead atoms. The Morgan fingerprint density at radius 3 is 2.53 bits per heavy atom. The van der Waals surface area contributed by atoms with Crippen molar-refractivity contribution in [3.8, 4) is 5.75 Å². The highest BCUT2D eigenvalue weighted by atomic mass is 16.5. The summed E-state index contributed by atoms with van der Waals surface area (Å²) in [6.07, 6.45) is 2.11. The fourth-order valence-electron chi connectivity index (χ4n) is 2.07. The molecule has 19 heavy (non-hydrogen) atoms. The first-order chi connectivity index (χ1) is 9.04. The topological polar surface area (TPSA) is 47.4 Å². The van der Waals surface area contributed by atoms with Gasteiger partial charge in [-0.2, -0.15) is 5.10 Å². The van der Waals surface area contributed by atoms with Crippen LogP contribution in [0.25, 0.3) is 0 Å². The minimum absolute atomic E-state index is 0.0925. The van der Waals surface area contributed by atoms with E-state index >= 15 is 0 Å². The number of ketones is 1. The molecule has 1 heterocycles. The van der Waals surface area contributed by atoms with Crippen LogP contribution in [0.2, 0.25) is 0 Å². The van der Waals surface area contributed by atoms with Crippen molar-refractivity contribution in [3.63, 3.8) is 0 Å². The molecule has 1 aromatic heterocycles. The molecule has 108 valence electrons. The van der Waals surface area contributed by atoms with Crippen LogP contribution in [0.3, 0.4) is 0 Å². The molecule has 0 atom stereocenters. The standard InChI is InChI=1S/C14H25N3O2/c1-6-16(7-2)9-8-12(18)14-13(19-5)10-15-17(14)11(3)4/h10-11H,6-9H2,1-5H3. The van der Waals surface area contributed by atoms with Gasteiger partial charge in [-0.3, -0.25) is 9.48 Å². The molecule has 0 radical (unpaired) electrons. The zero-order chi connectivity index (χ0) is 14.4. The summed E-state index contributed by atoms with van der Waals surface area (Å²) in [5, 5.41) is 4.23. The molecule has 0 amide bonds. The molecule has 5 nitrogen and oxygen atoms in total. The van der Waals surface area contributed by atoms with Crippen LogP contribution in [0.4, 0.5) is 0 Å². The normalized spacial score (nSPS) is 11.3. The Labute approximate surface area is 115 Å². The lowest BCUT2D eigenvalue weighted by atomic mass is 10.2. The molecule has 0 aliphatic rings. The summed E-state index contributed by atoms with van der Waals surface area (Å²) in [4.78, 5) is 14.6. The second-order valence-electron chi connectivity index (χ2n) is 4.80. The van der Waals surface area contributed by atoms with E-state index in [4.69, 9.17) is 4.74 Å². The molecule has 0 spiro atoms. The van der Waals surface area contributed by atoms with Crippen LogP contribution in [0.15, 0.2) is 6.20 Å². The number of nitrogens with zero attached hydrogens (tertiary/aromatic N) is 3. The van der Waals surface area contributed by atoms with E-state index in [0.29, 0.717) is 17.9 Å². The van der Waals surface area contributed by atoms with Crippen LogP contribution < -0.4 is 4.74 Å². The molecule has 0 unspecified atom stereocenters. The number of carbonyl (C=O) groups excluding carboxylic acids is 1. The van der Waals surface area contributed by atoms with E-state index < -0.39 is 0 Å². The Balaban J connectivity index is 2.83. The second kappa shape index (κ2) is 7.28. The lowest BCUT2D eigenvalue weighted by molar-refractivity contribution is 0.0951. The molecular weight excluding hydrogens is 242 g/mol. The quantitative estimate of drug-likeness (QED) is 0.679. The van der Waals surface area contributed by atoms with E-state index in [0.717, 1.165) is 19.6 Å². The maximum Gasteiger partial charge on any atom is 0.185 e. The minimum Gasteiger partial charge on any atom is -0.493 e. The first-order valence-corrected chi connectivity index (χ1v) is 6.92. The summed E-state index contributed by atoms with van der Waals surface area (Å²) in [6, 6.07) is 0.149. The monoisotopic (exact) mass is 267 g/mol. The van der Waals surface area contributed by atoms with Gasteiger partial charge in [-0.05, 0) is 26.9 Å². The maximum absolute atomic E-state index is 12.4. The fourth-order valence-corrected chi connectivity index (χ4v) is 2.07. The third-order valence-electron chi connectivity index (χ3n) is 3.28. The number of hydrogen-bond donors (Lipinski definition) is 0. The van der Waals surface area contributed by atoms with Gasteiger partial charge in [0.2, 0.25) is 0 Å². The molecule has 0 fully saturated rings. The fraction of sp³-hybridized carbons (Fsp3) is 0.714. The molecule has 0 saturated heterocycles. The average Bonchev–Trinajstić information content (AvgIpc) is 2.83. The van der Waals surface area contributed by atoms with Crippen LogP contribution in [0, 0.1) is 0 Å². The Kier molecular flexibility index (Phi) is 6.02. The molecule has 0 saturated carbocycles. The SMILES string of the molecule is CCN(CC)CCC(=O)c1c(OC)cnn1C(C)C. The van der Waals surface area contributed by atoms with Crippen LogP contribution in [0.5, 0.6) is 5.75 Å². The molecule has 1 aromatic rings. The summed E-state index contributed by atoms with van der Waals surface area (Å²) < 4.78 is 6.98. The largest absolute Gasteiger partial charge is 0.493 e. The number of methoxy groups -OCH3 is 1. The summed E-state index contributed by atoms with van der Waals surface area (Å²) in [5.41, 5.74) is 0.588. The van der Waals surface area contributed by atoms with E-state index in [1.165, 1.54) is 0 Å². The Morgan fingerprint density at radius 1 is 1.42 bits per heavy atom. The average molecular weight is 267 g/mol. The van der Waals surface area contributed by atoms with Crippen molar-refractivity contribution in [2.75, 3.05) is 26.7 Å². The van der Waals surface area contributed by atoms with E-state index in [-0.39, 0.29) is 11.8 Å². The van der Waals surface area contributed by atoms with Gasteiger partial charge in [0.1, 0.15) is 5.69 Å². The van der Waals surface area contributed by atoms with Crippen molar-refractivity contribution in [1.82, 2.24) is 14.7 Å². The van der Waals surface area contributed by atoms with Gasteiger partial charge >= 0.3 is 0 Å². The van der Waals surface area contributed by atoms with Gasteiger partial charge in [-0.25, -0.2) is 0 Å². The Morgan fingerprint density at radius 2 is 2.05 bits per heavy atom. The molecule has 0 aromatic carbocycles.